The van der Waals surface area contributed by atoms with Crippen molar-refractivity contribution in [3.63, 3.8) is 0 Å². The number of carbonyl (C=O) groups excluding carboxylic acids is 1. The Hall–Kier alpha value is -2.02. The second kappa shape index (κ2) is 6.62. The first-order valence-electron chi connectivity index (χ1n) is 6.11. The van der Waals surface area contributed by atoms with Gasteiger partial charge in [0.1, 0.15) is 17.4 Å². The third kappa shape index (κ3) is 4.22. The summed E-state index contributed by atoms with van der Waals surface area (Å²) in [6, 6.07) is 4.76. The molecule has 0 spiro atoms. The Morgan fingerprint density at radius 3 is 2.62 bits per heavy atom. The van der Waals surface area contributed by atoms with Gasteiger partial charge in [-0.3, -0.25) is 9.59 Å². The third-order valence-electron chi connectivity index (χ3n) is 2.60. The number of aromatic nitrogens is 2. The van der Waals surface area contributed by atoms with Gasteiger partial charge in [-0.2, -0.15) is 0 Å². The number of hydrogen-bond donors (Lipinski definition) is 1. The highest BCUT2D eigenvalue weighted by Crippen LogP contribution is 2.17. The fourth-order valence-electron chi connectivity index (χ4n) is 1.69. The topological polar surface area (TPSA) is 62.8 Å². The highest BCUT2D eigenvalue weighted by molar-refractivity contribution is 7.99. The van der Waals surface area contributed by atoms with Crippen molar-refractivity contribution in [2.24, 2.45) is 0 Å². The van der Waals surface area contributed by atoms with E-state index in [1.165, 1.54) is 19.1 Å². The van der Waals surface area contributed by atoms with E-state index in [0.717, 1.165) is 23.9 Å². The molecule has 2 rings (SSSR count). The minimum absolute atomic E-state index is 0.0619. The molecule has 0 saturated carbocycles. The molecule has 0 radical (unpaired) electrons. The number of ketones is 1. The van der Waals surface area contributed by atoms with E-state index in [1.807, 2.05) is 0 Å². The molecule has 0 saturated heterocycles. The van der Waals surface area contributed by atoms with E-state index in [4.69, 9.17) is 0 Å². The molecule has 0 atom stereocenters. The summed E-state index contributed by atoms with van der Waals surface area (Å²) >= 11 is 1.07. The maximum atomic E-state index is 13.6. The zero-order chi connectivity index (χ0) is 15.4. The van der Waals surface area contributed by atoms with Gasteiger partial charge in [-0.05, 0) is 19.1 Å². The summed E-state index contributed by atoms with van der Waals surface area (Å²) in [5.41, 5.74) is -0.324. The fraction of sp³-hybridized carbons (Fsp3) is 0.214. The normalized spacial score (nSPS) is 10.6. The van der Waals surface area contributed by atoms with Crippen LogP contribution in [0.3, 0.4) is 0 Å². The number of nitrogens with zero attached hydrogens (tertiary/aromatic N) is 1. The number of Topliss-reactive ketones (excluding diaryl/α,β-unsaturated/α-hetero) is 1. The molecule has 0 unspecified atom stereocenters. The Morgan fingerprint density at radius 1 is 1.33 bits per heavy atom. The molecule has 7 heteroatoms. The van der Waals surface area contributed by atoms with Crippen molar-refractivity contribution in [3.05, 3.63) is 57.5 Å². The lowest BCUT2D eigenvalue weighted by Gasteiger charge is -2.06. The van der Waals surface area contributed by atoms with E-state index in [0.29, 0.717) is 0 Å². The van der Waals surface area contributed by atoms with Crippen LogP contribution in [0.2, 0.25) is 0 Å². The Balaban J connectivity index is 2.28. The van der Waals surface area contributed by atoms with Gasteiger partial charge in [0.05, 0.1) is 11.4 Å². The molecule has 0 aliphatic carbocycles. The molecule has 4 nitrogen and oxygen atoms in total. The smallest absolute Gasteiger partial charge is 0.251 e. The van der Waals surface area contributed by atoms with Crippen LogP contribution in [0.1, 0.15) is 18.2 Å². The number of thioether (sulfide) groups is 1. The molecule has 21 heavy (non-hydrogen) atoms. The van der Waals surface area contributed by atoms with Crippen molar-refractivity contribution in [2.75, 3.05) is 5.75 Å². The zero-order valence-electron chi connectivity index (χ0n) is 11.2. The molecule has 2 aromatic rings. The molecule has 1 heterocycles. The van der Waals surface area contributed by atoms with E-state index in [1.54, 1.807) is 0 Å². The van der Waals surface area contributed by atoms with Crippen molar-refractivity contribution >= 4 is 17.5 Å². The highest BCUT2D eigenvalue weighted by atomic mass is 32.2. The number of hydrogen-bond acceptors (Lipinski definition) is 4. The SMILES string of the molecule is CC(=O)CSc1nc(Cc2c(F)cccc2F)cc(=O)[nH]1. The predicted octanol–water partition coefficient (Wildman–Crippen LogP) is 2.32. The fourth-order valence-corrected chi connectivity index (χ4v) is 2.39. The van der Waals surface area contributed by atoms with Crippen LogP contribution in [-0.2, 0) is 11.2 Å². The minimum atomic E-state index is -0.685. The van der Waals surface area contributed by atoms with Gasteiger partial charge in [0.2, 0.25) is 0 Å². The van der Waals surface area contributed by atoms with Gasteiger partial charge in [-0.25, -0.2) is 13.8 Å². The van der Waals surface area contributed by atoms with Crippen molar-refractivity contribution in [2.45, 2.75) is 18.5 Å². The molecule has 1 aromatic heterocycles. The number of nitrogens with one attached hydrogen (secondary N) is 1. The Morgan fingerprint density at radius 2 is 2.00 bits per heavy atom. The first-order chi connectivity index (χ1) is 9.95. The predicted molar refractivity (Wildman–Crippen MR) is 75.4 cm³/mol. The summed E-state index contributed by atoms with van der Waals surface area (Å²) in [5, 5.41) is 0.254. The lowest BCUT2D eigenvalue weighted by molar-refractivity contribution is -0.114. The van der Waals surface area contributed by atoms with Gasteiger partial charge in [0.25, 0.3) is 5.56 Å². The Labute approximate surface area is 123 Å². The van der Waals surface area contributed by atoms with Crippen molar-refractivity contribution in [1.82, 2.24) is 9.97 Å². The molecule has 0 aliphatic rings. The Kier molecular flexibility index (Phi) is 4.85. The number of halogens is 2. The Bertz CT molecular complexity index is 711. The molecule has 0 amide bonds. The number of carbonyl (C=O) groups is 1. The summed E-state index contributed by atoms with van der Waals surface area (Å²) in [7, 11) is 0. The number of benzene rings is 1. The van der Waals surface area contributed by atoms with Gasteiger partial charge in [-0.1, -0.05) is 17.8 Å². The monoisotopic (exact) mass is 310 g/mol. The largest absolute Gasteiger partial charge is 0.301 e. The first-order valence-corrected chi connectivity index (χ1v) is 7.09. The van der Waals surface area contributed by atoms with Crippen LogP contribution in [0.15, 0.2) is 34.2 Å². The quantitative estimate of drug-likeness (QED) is 0.680. The van der Waals surface area contributed by atoms with Crippen LogP contribution in [0.25, 0.3) is 0 Å². The van der Waals surface area contributed by atoms with Crippen molar-refractivity contribution in [1.29, 1.82) is 0 Å². The average Bonchev–Trinajstić information content (AvgIpc) is 2.40. The van der Waals surface area contributed by atoms with E-state index in [9.17, 15) is 18.4 Å². The highest BCUT2D eigenvalue weighted by Gasteiger charge is 2.11. The molecule has 1 N–H and O–H groups in total. The van der Waals surface area contributed by atoms with Crippen LogP contribution in [0.5, 0.6) is 0 Å². The van der Waals surface area contributed by atoms with E-state index in [2.05, 4.69) is 9.97 Å². The van der Waals surface area contributed by atoms with Crippen LogP contribution >= 0.6 is 11.8 Å². The van der Waals surface area contributed by atoms with E-state index in [-0.39, 0.29) is 34.4 Å². The average molecular weight is 310 g/mol. The summed E-state index contributed by atoms with van der Waals surface area (Å²) in [6.45, 7) is 1.42. The standard InChI is InChI=1S/C14H12F2N2O2S/c1-8(19)7-21-14-17-9(6-13(20)18-14)5-10-11(15)3-2-4-12(10)16/h2-4,6H,5,7H2,1H3,(H,17,18,20). The van der Waals surface area contributed by atoms with Gasteiger partial charge in [0, 0.05) is 18.1 Å². The van der Waals surface area contributed by atoms with Crippen LogP contribution in [0.4, 0.5) is 8.78 Å². The van der Waals surface area contributed by atoms with Crippen LogP contribution in [-0.4, -0.2) is 21.5 Å². The zero-order valence-corrected chi connectivity index (χ0v) is 12.0. The maximum Gasteiger partial charge on any atom is 0.251 e. The maximum absolute atomic E-state index is 13.6. The molecular weight excluding hydrogens is 298 g/mol. The van der Waals surface area contributed by atoms with E-state index < -0.39 is 17.2 Å². The first kappa shape index (κ1) is 15.4. The molecule has 0 fully saturated rings. The molecule has 1 aromatic carbocycles. The second-order valence-corrected chi connectivity index (χ2v) is 5.37. The molecule has 110 valence electrons. The molecule has 0 bridgehead atoms. The number of aromatic amines is 1. The van der Waals surface area contributed by atoms with E-state index >= 15 is 0 Å². The molecule has 0 aliphatic heterocycles. The van der Waals surface area contributed by atoms with Crippen LogP contribution < -0.4 is 5.56 Å². The number of rotatable bonds is 5. The summed E-state index contributed by atoms with van der Waals surface area (Å²) < 4.78 is 27.2. The molecular formula is C14H12F2N2O2S. The second-order valence-electron chi connectivity index (χ2n) is 4.41. The minimum Gasteiger partial charge on any atom is -0.301 e. The van der Waals surface area contributed by atoms with Gasteiger partial charge in [-0.15, -0.1) is 0 Å². The van der Waals surface area contributed by atoms with Gasteiger partial charge < -0.3 is 4.98 Å². The van der Waals surface area contributed by atoms with Crippen LogP contribution in [0, 0.1) is 11.6 Å². The van der Waals surface area contributed by atoms with Gasteiger partial charge >= 0.3 is 0 Å². The third-order valence-corrected chi connectivity index (χ3v) is 3.62. The summed E-state index contributed by atoms with van der Waals surface area (Å²) in [5.74, 6) is -1.27. The summed E-state index contributed by atoms with van der Waals surface area (Å²) in [6.07, 6.45) is -0.129. The number of H-pyrrole nitrogens is 1. The van der Waals surface area contributed by atoms with Gasteiger partial charge in [0.15, 0.2) is 5.16 Å². The lowest BCUT2D eigenvalue weighted by Crippen LogP contribution is -2.12. The van der Waals surface area contributed by atoms with Crippen molar-refractivity contribution < 1.29 is 13.6 Å². The summed E-state index contributed by atoms with van der Waals surface area (Å²) in [4.78, 5) is 29.0. The van der Waals surface area contributed by atoms with Crippen molar-refractivity contribution in [3.8, 4) is 0 Å². The lowest BCUT2D eigenvalue weighted by atomic mass is 10.1.